The summed E-state index contributed by atoms with van der Waals surface area (Å²) in [4.78, 5) is 13.1. The van der Waals surface area contributed by atoms with E-state index in [4.69, 9.17) is 21.1 Å². The summed E-state index contributed by atoms with van der Waals surface area (Å²) in [6.45, 7) is 2.90. The highest BCUT2D eigenvalue weighted by atomic mass is 35.5. The van der Waals surface area contributed by atoms with Gasteiger partial charge in [0.15, 0.2) is 11.5 Å². The summed E-state index contributed by atoms with van der Waals surface area (Å²) < 4.78 is 39.8. The van der Waals surface area contributed by atoms with Gasteiger partial charge in [-0.15, -0.1) is 0 Å². The van der Waals surface area contributed by atoms with E-state index in [1.54, 1.807) is 30.3 Å². The first-order chi connectivity index (χ1) is 16.3. The number of nitrogens with zero attached hydrogens (tertiary/aromatic N) is 1. The summed E-state index contributed by atoms with van der Waals surface area (Å²) in [7, 11) is -3.86. The van der Waals surface area contributed by atoms with E-state index in [0.717, 1.165) is 12.0 Å². The summed E-state index contributed by atoms with van der Waals surface area (Å²) in [5, 5.41) is 3.05. The first-order valence-corrected chi connectivity index (χ1v) is 12.8. The lowest BCUT2D eigenvalue weighted by atomic mass is 10.1. The van der Waals surface area contributed by atoms with Gasteiger partial charge in [-0.25, -0.2) is 8.42 Å². The SMILES string of the molecule is CC1Cc2ccccc2N1S(=O)(=O)c1cccc(C(=O)Nc2cc3c(cc2Cl)OCCCO3)c1. The van der Waals surface area contributed by atoms with Crippen molar-refractivity contribution >= 4 is 38.9 Å². The van der Waals surface area contributed by atoms with Crippen molar-refractivity contribution in [3.8, 4) is 11.5 Å². The number of rotatable bonds is 4. The van der Waals surface area contributed by atoms with Crippen LogP contribution in [0.15, 0.2) is 65.6 Å². The van der Waals surface area contributed by atoms with Gasteiger partial charge in [0.1, 0.15) is 0 Å². The number of anilines is 2. The Morgan fingerprint density at radius 2 is 1.76 bits per heavy atom. The summed E-state index contributed by atoms with van der Waals surface area (Å²) >= 11 is 6.35. The first-order valence-electron chi connectivity index (χ1n) is 11.0. The van der Waals surface area contributed by atoms with E-state index < -0.39 is 15.9 Å². The van der Waals surface area contributed by atoms with Crippen molar-refractivity contribution in [2.75, 3.05) is 22.8 Å². The number of carbonyl (C=O) groups excluding carboxylic acids is 1. The third-order valence-electron chi connectivity index (χ3n) is 5.88. The Hall–Kier alpha value is -3.23. The van der Waals surface area contributed by atoms with Gasteiger partial charge in [0.2, 0.25) is 0 Å². The van der Waals surface area contributed by atoms with Gasteiger partial charge < -0.3 is 14.8 Å². The molecule has 2 aliphatic heterocycles. The molecule has 176 valence electrons. The fraction of sp³-hybridized carbons (Fsp3) is 0.240. The van der Waals surface area contributed by atoms with Crippen LogP contribution in [0.4, 0.5) is 11.4 Å². The number of sulfonamides is 1. The van der Waals surface area contributed by atoms with Crippen LogP contribution >= 0.6 is 11.6 Å². The Bertz CT molecular complexity index is 1380. The van der Waals surface area contributed by atoms with Crippen LogP contribution in [0.25, 0.3) is 0 Å². The van der Waals surface area contributed by atoms with Crippen molar-refractivity contribution in [1.29, 1.82) is 0 Å². The zero-order valence-corrected chi connectivity index (χ0v) is 20.0. The number of ether oxygens (including phenoxy) is 2. The predicted molar refractivity (Wildman–Crippen MR) is 131 cm³/mol. The van der Waals surface area contributed by atoms with Crippen LogP contribution in [0.5, 0.6) is 11.5 Å². The number of hydrogen-bond donors (Lipinski definition) is 1. The minimum atomic E-state index is -3.86. The minimum Gasteiger partial charge on any atom is -0.490 e. The van der Waals surface area contributed by atoms with E-state index in [9.17, 15) is 13.2 Å². The highest BCUT2D eigenvalue weighted by molar-refractivity contribution is 7.92. The van der Waals surface area contributed by atoms with Crippen molar-refractivity contribution < 1.29 is 22.7 Å². The number of halogens is 1. The molecule has 3 aromatic carbocycles. The van der Waals surface area contributed by atoms with Crippen molar-refractivity contribution in [2.24, 2.45) is 0 Å². The normalized spacial score (nSPS) is 17.1. The molecule has 1 N–H and O–H groups in total. The number of hydrogen-bond acceptors (Lipinski definition) is 5. The Labute approximate surface area is 203 Å². The molecule has 3 aromatic rings. The fourth-order valence-corrected chi connectivity index (χ4v) is 6.23. The summed E-state index contributed by atoms with van der Waals surface area (Å²) in [6, 6.07) is 16.5. The number of amides is 1. The van der Waals surface area contributed by atoms with E-state index in [0.29, 0.717) is 47.5 Å². The largest absolute Gasteiger partial charge is 0.490 e. The van der Waals surface area contributed by atoms with Gasteiger partial charge in [0, 0.05) is 30.2 Å². The smallest absolute Gasteiger partial charge is 0.264 e. The molecule has 34 heavy (non-hydrogen) atoms. The van der Waals surface area contributed by atoms with Crippen molar-refractivity contribution in [3.63, 3.8) is 0 Å². The second-order valence-electron chi connectivity index (χ2n) is 8.29. The number of fused-ring (bicyclic) bond motifs is 2. The molecule has 0 radical (unpaired) electrons. The van der Waals surface area contributed by atoms with Gasteiger partial charge in [0.05, 0.1) is 34.5 Å². The van der Waals surface area contributed by atoms with Crippen LogP contribution in [0, 0.1) is 0 Å². The second-order valence-corrected chi connectivity index (χ2v) is 10.5. The van der Waals surface area contributed by atoms with Gasteiger partial charge in [-0.2, -0.15) is 0 Å². The van der Waals surface area contributed by atoms with Gasteiger partial charge in [-0.3, -0.25) is 9.10 Å². The lowest BCUT2D eigenvalue weighted by Crippen LogP contribution is -2.35. The molecule has 2 aliphatic rings. The maximum absolute atomic E-state index is 13.5. The standard InChI is InChI=1S/C25H23ClN2O5S/c1-16-12-17-6-2-3-9-22(17)28(16)34(30,31)19-8-4-7-18(13-19)25(29)27-21-15-24-23(14-20(21)26)32-10-5-11-33-24/h2-4,6-9,13-16H,5,10-12H2,1H3,(H,27,29). The van der Waals surface area contributed by atoms with Gasteiger partial charge in [-0.1, -0.05) is 35.9 Å². The maximum atomic E-state index is 13.5. The number of carbonyl (C=O) groups is 1. The lowest BCUT2D eigenvalue weighted by molar-refractivity contribution is 0.102. The maximum Gasteiger partial charge on any atom is 0.264 e. The molecule has 1 atom stereocenters. The van der Waals surface area contributed by atoms with Crippen LogP contribution < -0.4 is 19.1 Å². The van der Waals surface area contributed by atoms with Crippen LogP contribution in [-0.4, -0.2) is 33.6 Å². The third kappa shape index (κ3) is 4.08. The summed E-state index contributed by atoms with van der Waals surface area (Å²) in [5.74, 6) is 0.534. The number of nitrogens with one attached hydrogen (secondary N) is 1. The highest BCUT2D eigenvalue weighted by Gasteiger charge is 2.36. The average Bonchev–Trinajstić information content (AvgIpc) is 3.01. The number of para-hydroxylation sites is 1. The monoisotopic (exact) mass is 498 g/mol. The van der Waals surface area contributed by atoms with Crippen molar-refractivity contribution in [2.45, 2.75) is 30.7 Å². The molecule has 0 fully saturated rings. The van der Waals surface area contributed by atoms with E-state index in [1.165, 1.54) is 16.4 Å². The molecule has 0 spiro atoms. The van der Waals surface area contributed by atoms with Crippen LogP contribution in [0.1, 0.15) is 29.3 Å². The van der Waals surface area contributed by atoms with Crippen LogP contribution in [0.2, 0.25) is 5.02 Å². The fourth-order valence-electron chi connectivity index (χ4n) is 4.29. The lowest BCUT2D eigenvalue weighted by Gasteiger charge is -2.24. The highest BCUT2D eigenvalue weighted by Crippen LogP contribution is 2.39. The quantitative estimate of drug-likeness (QED) is 0.553. The summed E-state index contributed by atoms with van der Waals surface area (Å²) in [5.41, 5.74) is 2.20. The third-order valence-corrected chi connectivity index (χ3v) is 8.12. The van der Waals surface area contributed by atoms with E-state index in [1.807, 2.05) is 25.1 Å². The Morgan fingerprint density at radius 3 is 2.56 bits per heavy atom. The number of benzene rings is 3. The topological polar surface area (TPSA) is 84.9 Å². The first kappa shape index (κ1) is 22.6. The molecule has 1 amide bonds. The molecule has 7 nitrogen and oxygen atoms in total. The molecule has 5 rings (SSSR count). The Morgan fingerprint density at radius 1 is 1.03 bits per heavy atom. The molecule has 0 saturated heterocycles. The zero-order valence-electron chi connectivity index (χ0n) is 18.5. The molecule has 0 aliphatic carbocycles. The summed E-state index contributed by atoms with van der Waals surface area (Å²) in [6.07, 6.45) is 1.38. The van der Waals surface area contributed by atoms with Crippen molar-refractivity contribution in [3.05, 3.63) is 76.8 Å². The van der Waals surface area contributed by atoms with E-state index >= 15 is 0 Å². The van der Waals surface area contributed by atoms with E-state index in [-0.39, 0.29) is 16.5 Å². The molecule has 0 aromatic heterocycles. The van der Waals surface area contributed by atoms with Gasteiger partial charge in [0.25, 0.3) is 15.9 Å². The van der Waals surface area contributed by atoms with Crippen molar-refractivity contribution in [1.82, 2.24) is 0 Å². The molecular formula is C25H23ClN2O5S. The van der Waals surface area contributed by atoms with Gasteiger partial charge in [-0.05, 0) is 43.2 Å². The van der Waals surface area contributed by atoms with Crippen LogP contribution in [-0.2, 0) is 16.4 Å². The molecule has 2 heterocycles. The van der Waals surface area contributed by atoms with Crippen LogP contribution in [0.3, 0.4) is 0 Å². The molecule has 1 unspecified atom stereocenters. The second kappa shape index (κ2) is 8.85. The Kier molecular flexibility index (Phi) is 5.87. The molecule has 0 bridgehead atoms. The zero-order chi connectivity index (χ0) is 23.9. The average molecular weight is 499 g/mol. The molecular weight excluding hydrogens is 476 g/mol. The van der Waals surface area contributed by atoms with Gasteiger partial charge >= 0.3 is 0 Å². The van der Waals surface area contributed by atoms with E-state index in [2.05, 4.69) is 5.32 Å². The predicted octanol–water partition coefficient (Wildman–Crippen LogP) is 4.89. The molecule has 9 heteroatoms. The Balaban J connectivity index is 1.43. The minimum absolute atomic E-state index is 0.0495. The molecule has 0 saturated carbocycles.